The van der Waals surface area contributed by atoms with Gasteiger partial charge in [-0.1, -0.05) is 18.2 Å². The lowest BCUT2D eigenvalue weighted by molar-refractivity contribution is -0.128. The summed E-state index contributed by atoms with van der Waals surface area (Å²) in [6.07, 6.45) is 1.73. The maximum absolute atomic E-state index is 12.8. The van der Waals surface area contributed by atoms with Crippen molar-refractivity contribution in [3.8, 4) is 0 Å². The van der Waals surface area contributed by atoms with Crippen LogP contribution in [0.2, 0.25) is 0 Å². The summed E-state index contributed by atoms with van der Waals surface area (Å²) < 4.78 is 28.1. The van der Waals surface area contributed by atoms with E-state index in [1.807, 2.05) is 12.1 Å². The van der Waals surface area contributed by atoms with Crippen molar-refractivity contribution in [3.05, 3.63) is 54.4 Å². The molecule has 1 saturated heterocycles. The SMILES string of the molecule is CC(C)(C)NS(=O)(=O)c1ccccc1NC(=O)C1CC(=O)N(Cc2ccccn2)C1. The Morgan fingerprint density at radius 1 is 1.17 bits per heavy atom. The van der Waals surface area contributed by atoms with E-state index in [2.05, 4.69) is 15.0 Å². The average molecular weight is 431 g/mol. The molecule has 1 aromatic heterocycles. The molecular weight excluding hydrogens is 404 g/mol. The molecule has 2 amide bonds. The van der Waals surface area contributed by atoms with Gasteiger partial charge in [-0.3, -0.25) is 14.6 Å². The molecule has 2 aromatic rings. The molecule has 0 spiro atoms. The van der Waals surface area contributed by atoms with Gasteiger partial charge in [-0.25, -0.2) is 13.1 Å². The van der Waals surface area contributed by atoms with E-state index in [1.54, 1.807) is 50.1 Å². The van der Waals surface area contributed by atoms with E-state index in [9.17, 15) is 18.0 Å². The highest BCUT2D eigenvalue weighted by Gasteiger charge is 2.35. The summed E-state index contributed by atoms with van der Waals surface area (Å²) in [5, 5.41) is 2.70. The normalized spacial score (nSPS) is 17.2. The molecule has 0 saturated carbocycles. The Balaban J connectivity index is 1.72. The maximum atomic E-state index is 12.8. The number of rotatable bonds is 6. The average Bonchev–Trinajstić information content (AvgIpc) is 3.02. The van der Waals surface area contributed by atoms with E-state index in [0.717, 1.165) is 5.69 Å². The number of para-hydroxylation sites is 1. The van der Waals surface area contributed by atoms with Gasteiger partial charge in [0.25, 0.3) is 0 Å². The van der Waals surface area contributed by atoms with Gasteiger partial charge in [0, 0.05) is 24.7 Å². The number of carbonyl (C=O) groups excluding carboxylic acids is 2. The molecule has 1 atom stereocenters. The monoisotopic (exact) mass is 430 g/mol. The van der Waals surface area contributed by atoms with E-state index < -0.39 is 21.5 Å². The Labute approximate surface area is 176 Å². The molecule has 0 bridgehead atoms. The molecule has 1 aliphatic heterocycles. The number of pyridine rings is 1. The number of anilines is 1. The Hall–Kier alpha value is -2.78. The number of benzene rings is 1. The fourth-order valence-electron chi connectivity index (χ4n) is 3.28. The fourth-order valence-corrected chi connectivity index (χ4v) is 4.87. The van der Waals surface area contributed by atoms with Gasteiger partial charge in [-0.05, 0) is 45.0 Å². The zero-order chi connectivity index (χ0) is 21.9. The Bertz CT molecular complexity index is 1030. The first kappa shape index (κ1) is 21.9. The number of amides is 2. The number of aromatic nitrogens is 1. The van der Waals surface area contributed by atoms with Crippen molar-refractivity contribution in [2.75, 3.05) is 11.9 Å². The number of nitrogens with zero attached hydrogens (tertiary/aromatic N) is 2. The van der Waals surface area contributed by atoms with Crippen LogP contribution in [0.5, 0.6) is 0 Å². The van der Waals surface area contributed by atoms with Crippen LogP contribution in [0.25, 0.3) is 0 Å². The minimum atomic E-state index is -3.83. The summed E-state index contributed by atoms with van der Waals surface area (Å²) >= 11 is 0. The molecule has 1 aromatic carbocycles. The van der Waals surface area contributed by atoms with Crippen LogP contribution in [-0.2, 0) is 26.2 Å². The van der Waals surface area contributed by atoms with E-state index in [-0.39, 0.29) is 35.4 Å². The molecule has 30 heavy (non-hydrogen) atoms. The zero-order valence-electron chi connectivity index (χ0n) is 17.3. The topological polar surface area (TPSA) is 108 Å². The van der Waals surface area contributed by atoms with Crippen molar-refractivity contribution in [3.63, 3.8) is 0 Å². The zero-order valence-corrected chi connectivity index (χ0v) is 18.1. The summed E-state index contributed by atoms with van der Waals surface area (Å²) in [6, 6.07) is 11.7. The van der Waals surface area contributed by atoms with Crippen LogP contribution in [0.1, 0.15) is 32.9 Å². The first-order chi connectivity index (χ1) is 14.0. The van der Waals surface area contributed by atoms with E-state index in [4.69, 9.17) is 0 Å². The van der Waals surface area contributed by atoms with Gasteiger partial charge < -0.3 is 10.2 Å². The molecule has 160 valence electrons. The van der Waals surface area contributed by atoms with Crippen LogP contribution >= 0.6 is 0 Å². The molecule has 2 N–H and O–H groups in total. The number of carbonyl (C=O) groups is 2. The van der Waals surface area contributed by atoms with E-state index in [1.165, 1.54) is 12.1 Å². The van der Waals surface area contributed by atoms with Gasteiger partial charge in [0.15, 0.2) is 0 Å². The third kappa shape index (κ3) is 5.43. The molecule has 1 aliphatic rings. The summed E-state index contributed by atoms with van der Waals surface area (Å²) in [7, 11) is -3.83. The van der Waals surface area contributed by atoms with Gasteiger partial charge in [-0.2, -0.15) is 0 Å². The second kappa shape index (κ2) is 8.53. The highest BCUT2D eigenvalue weighted by Crippen LogP contribution is 2.25. The van der Waals surface area contributed by atoms with Crippen molar-refractivity contribution >= 4 is 27.5 Å². The minimum absolute atomic E-state index is 0.0112. The lowest BCUT2D eigenvalue weighted by Crippen LogP contribution is -2.40. The van der Waals surface area contributed by atoms with Crippen LogP contribution in [-0.4, -0.2) is 42.2 Å². The predicted octanol–water partition coefficient (Wildman–Crippen LogP) is 2.15. The Kier molecular flexibility index (Phi) is 6.23. The lowest BCUT2D eigenvalue weighted by atomic mass is 10.1. The van der Waals surface area contributed by atoms with Crippen molar-refractivity contribution in [1.29, 1.82) is 0 Å². The summed E-state index contributed by atoms with van der Waals surface area (Å²) in [6.45, 7) is 5.82. The third-order valence-electron chi connectivity index (χ3n) is 4.54. The van der Waals surface area contributed by atoms with E-state index >= 15 is 0 Å². The first-order valence-electron chi connectivity index (χ1n) is 9.67. The van der Waals surface area contributed by atoms with Crippen molar-refractivity contribution in [2.45, 2.75) is 44.2 Å². The molecule has 9 heteroatoms. The molecule has 0 radical (unpaired) electrons. The molecule has 8 nitrogen and oxygen atoms in total. The molecule has 1 unspecified atom stereocenters. The highest BCUT2D eigenvalue weighted by molar-refractivity contribution is 7.89. The minimum Gasteiger partial charge on any atom is -0.336 e. The highest BCUT2D eigenvalue weighted by atomic mass is 32.2. The lowest BCUT2D eigenvalue weighted by Gasteiger charge is -2.22. The largest absolute Gasteiger partial charge is 0.336 e. The fraction of sp³-hybridized carbons (Fsp3) is 0.381. The first-order valence-corrected chi connectivity index (χ1v) is 11.1. The van der Waals surface area contributed by atoms with Crippen molar-refractivity contribution < 1.29 is 18.0 Å². The van der Waals surface area contributed by atoms with Crippen molar-refractivity contribution in [1.82, 2.24) is 14.6 Å². The van der Waals surface area contributed by atoms with Crippen LogP contribution in [0, 0.1) is 5.92 Å². The molecule has 0 aliphatic carbocycles. The molecular formula is C21H26N4O4S. The summed E-state index contributed by atoms with van der Waals surface area (Å²) in [5.41, 5.74) is 0.270. The van der Waals surface area contributed by atoms with Gasteiger partial charge in [0.2, 0.25) is 21.8 Å². The maximum Gasteiger partial charge on any atom is 0.243 e. The van der Waals surface area contributed by atoms with Gasteiger partial charge in [0.05, 0.1) is 23.8 Å². The van der Waals surface area contributed by atoms with Gasteiger partial charge in [-0.15, -0.1) is 0 Å². The smallest absolute Gasteiger partial charge is 0.243 e. The van der Waals surface area contributed by atoms with Crippen LogP contribution < -0.4 is 10.0 Å². The van der Waals surface area contributed by atoms with Crippen molar-refractivity contribution in [2.24, 2.45) is 5.92 Å². The summed E-state index contributed by atoms with van der Waals surface area (Å²) in [5.74, 6) is -1.08. The second-order valence-corrected chi connectivity index (χ2v) is 9.99. The number of likely N-dealkylation sites (tertiary alicyclic amines) is 1. The second-order valence-electron chi connectivity index (χ2n) is 8.34. The Morgan fingerprint density at radius 3 is 2.53 bits per heavy atom. The van der Waals surface area contributed by atoms with Gasteiger partial charge in [0.1, 0.15) is 4.90 Å². The number of hydrogen-bond acceptors (Lipinski definition) is 5. The van der Waals surface area contributed by atoms with Crippen LogP contribution in [0.4, 0.5) is 5.69 Å². The number of sulfonamides is 1. The quantitative estimate of drug-likeness (QED) is 0.730. The number of nitrogens with one attached hydrogen (secondary N) is 2. The summed E-state index contributed by atoms with van der Waals surface area (Å²) in [4.78, 5) is 30.9. The van der Waals surface area contributed by atoms with Crippen LogP contribution in [0.3, 0.4) is 0 Å². The number of hydrogen-bond donors (Lipinski definition) is 2. The molecule has 2 heterocycles. The Morgan fingerprint density at radius 2 is 1.87 bits per heavy atom. The van der Waals surface area contributed by atoms with Gasteiger partial charge >= 0.3 is 0 Å². The third-order valence-corrected chi connectivity index (χ3v) is 6.36. The molecule has 3 rings (SSSR count). The standard InChI is InChI=1S/C21H26N4O4S/c1-21(2,3)24-30(28,29)18-10-5-4-9-17(18)23-20(27)15-12-19(26)25(13-15)14-16-8-6-7-11-22-16/h4-11,15,24H,12-14H2,1-3H3,(H,23,27). The molecule has 1 fully saturated rings. The van der Waals surface area contributed by atoms with E-state index in [0.29, 0.717) is 6.54 Å². The predicted molar refractivity (Wildman–Crippen MR) is 113 cm³/mol. The van der Waals surface area contributed by atoms with Crippen LogP contribution in [0.15, 0.2) is 53.6 Å².